The average Bonchev–Trinajstić information content (AvgIpc) is 2.55. The zero-order valence-corrected chi connectivity index (χ0v) is 15.1. The maximum atomic E-state index is 11.9. The number of benzene rings is 1. The molecule has 1 fully saturated rings. The van der Waals surface area contributed by atoms with Gasteiger partial charge in [-0.3, -0.25) is 4.79 Å². The second-order valence-corrected chi connectivity index (χ2v) is 6.20. The predicted molar refractivity (Wildman–Crippen MR) is 96.8 cm³/mol. The van der Waals surface area contributed by atoms with Crippen molar-refractivity contribution in [1.82, 2.24) is 10.6 Å². The second kappa shape index (κ2) is 10.7. The standard InChI is InChI=1S/C17H25ClN2O2.ClH/c1-22-15-4-3-14(16(18)12-15)8-11-20-17(21)5-2-13-6-9-19-10-7-13;/h3-4,12-13,19H,2,5-11H2,1H3,(H,20,21);1H. The molecule has 0 atom stereocenters. The molecule has 1 amide bonds. The zero-order valence-electron chi connectivity index (χ0n) is 13.6. The Balaban J connectivity index is 0.00000264. The summed E-state index contributed by atoms with van der Waals surface area (Å²) >= 11 is 6.19. The van der Waals surface area contributed by atoms with Crippen LogP contribution in [0.25, 0.3) is 0 Å². The third-order valence-corrected chi connectivity index (χ3v) is 4.57. The van der Waals surface area contributed by atoms with Crippen molar-refractivity contribution in [3.8, 4) is 5.75 Å². The molecule has 0 saturated carbocycles. The Morgan fingerprint density at radius 1 is 1.39 bits per heavy atom. The lowest BCUT2D eigenvalue weighted by atomic mass is 9.93. The largest absolute Gasteiger partial charge is 0.497 e. The first-order chi connectivity index (χ1) is 10.7. The SMILES string of the molecule is COc1ccc(CCNC(=O)CCC2CCNCC2)c(Cl)c1.Cl. The molecule has 1 heterocycles. The van der Waals surface area contributed by atoms with Crippen LogP contribution in [0.3, 0.4) is 0 Å². The van der Waals surface area contributed by atoms with E-state index >= 15 is 0 Å². The van der Waals surface area contributed by atoms with Crippen LogP contribution >= 0.6 is 24.0 Å². The van der Waals surface area contributed by atoms with Crippen LogP contribution in [0.1, 0.15) is 31.2 Å². The fraction of sp³-hybridized carbons (Fsp3) is 0.588. The molecule has 23 heavy (non-hydrogen) atoms. The molecule has 0 radical (unpaired) electrons. The molecule has 2 rings (SSSR count). The lowest BCUT2D eigenvalue weighted by Gasteiger charge is -2.22. The monoisotopic (exact) mass is 360 g/mol. The highest BCUT2D eigenvalue weighted by Crippen LogP contribution is 2.22. The molecule has 6 heteroatoms. The van der Waals surface area contributed by atoms with Crippen molar-refractivity contribution < 1.29 is 9.53 Å². The van der Waals surface area contributed by atoms with Crippen LogP contribution < -0.4 is 15.4 Å². The Labute approximate surface area is 149 Å². The number of hydrogen-bond acceptors (Lipinski definition) is 3. The minimum absolute atomic E-state index is 0. The minimum Gasteiger partial charge on any atom is -0.497 e. The van der Waals surface area contributed by atoms with Gasteiger partial charge in [0, 0.05) is 18.0 Å². The summed E-state index contributed by atoms with van der Waals surface area (Å²) in [5.74, 6) is 1.59. The first kappa shape index (κ1) is 20.1. The molecule has 0 spiro atoms. The molecular formula is C17H26Cl2N2O2. The average molecular weight is 361 g/mol. The Bertz CT molecular complexity index is 491. The van der Waals surface area contributed by atoms with Gasteiger partial charge in [-0.05, 0) is 62.4 Å². The lowest BCUT2D eigenvalue weighted by Crippen LogP contribution is -2.30. The number of nitrogens with one attached hydrogen (secondary N) is 2. The van der Waals surface area contributed by atoms with Gasteiger partial charge >= 0.3 is 0 Å². The van der Waals surface area contributed by atoms with Crippen LogP contribution in [-0.4, -0.2) is 32.7 Å². The summed E-state index contributed by atoms with van der Waals surface area (Å²) in [4.78, 5) is 11.9. The van der Waals surface area contributed by atoms with Crippen molar-refractivity contribution in [2.24, 2.45) is 5.92 Å². The van der Waals surface area contributed by atoms with Crippen molar-refractivity contribution in [2.45, 2.75) is 32.1 Å². The molecule has 1 aliphatic heterocycles. The van der Waals surface area contributed by atoms with E-state index in [9.17, 15) is 4.79 Å². The van der Waals surface area contributed by atoms with Crippen molar-refractivity contribution in [2.75, 3.05) is 26.7 Å². The number of ether oxygens (including phenoxy) is 1. The second-order valence-electron chi connectivity index (χ2n) is 5.79. The van der Waals surface area contributed by atoms with E-state index in [0.29, 0.717) is 23.9 Å². The lowest BCUT2D eigenvalue weighted by molar-refractivity contribution is -0.121. The molecular weight excluding hydrogens is 335 g/mol. The van der Waals surface area contributed by atoms with Crippen LogP contribution in [-0.2, 0) is 11.2 Å². The molecule has 0 unspecified atom stereocenters. The minimum atomic E-state index is 0. The highest BCUT2D eigenvalue weighted by molar-refractivity contribution is 6.31. The molecule has 0 aliphatic carbocycles. The number of hydrogen-bond donors (Lipinski definition) is 2. The summed E-state index contributed by atoms with van der Waals surface area (Å²) < 4.78 is 5.12. The van der Waals surface area contributed by atoms with E-state index in [1.165, 1.54) is 12.8 Å². The Hall–Kier alpha value is -0.970. The van der Waals surface area contributed by atoms with Crippen molar-refractivity contribution >= 4 is 29.9 Å². The Morgan fingerprint density at radius 3 is 2.78 bits per heavy atom. The van der Waals surface area contributed by atoms with Gasteiger partial charge in [-0.15, -0.1) is 12.4 Å². The maximum Gasteiger partial charge on any atom is 0.220 e. The van der Waals surface area contributed by atoms with E-state index < -0.39 is 0 Å². The fourth-order valence-electron chi connectivity index (χ4n) is 2.79. The third-order valence-electron chi connectivity index (χ3n) is 4.22. The molecule has 0 bridgehead atoms. The van der Waals surface area contributed by atoms with Gasteiger partial charge in [0.2, 0.25) is 5.91 Å². The van der Waals surface area contributed by atoms with E-state index in [4.69, 9.17) is 16.3 Å². The highest BCUT2D eigenvalue weighted by atomic mass is 35.5. The van der Waals surface area contributed by atoms with E-state index in [1.54, 1.807) is 13.2 Å². The molecule has 2 N–H and O–H groups in total. The summed E-state index contributed by atoms with van der Waals surface area (Å²) in [6.45, 7) is 2.79. The van der Waals surface area contributed by atoms with E-state index in [0.717, 1.165) is 37.2 Å². The topological polar surface area (TPSA) is 50.4 Å². The van der Waals surface area contributed by atoms with Crippen LogP contribution in [0.4, 0.5) is 0 Å². The summed E-state index contributed by atoms with van der Waals surface area (Å²) in [6.07, 6.45) is 4.74. The quantitative estimate of drug-likeness (QED) is 0.784. The molecule has 0 aromatic heterocycles. The van der Waals surface area contributed by atoms with Crippen molar-refractivity contribution in [3.63, 3.8) is 0 Å². The third kappa shape index (κ3) is 6.98. The van der Waals surface area contributed by atoms with E-state index in [1.807, 2.05) is 12.1 Å². The zero-order chi connectivity index (χ0) is 15.8. The van der Waals surface area contributed by atoms with Gasteiger partial charge < -0.3 is 15.4 Å². The van der Waals surface area contributed by atoms with Crippen LogP contribution in [0.15, 0.2) is 18.2 Å². The molecule has 1 aromatic carbocycles. The van der Waals surface area contributed by atoms with E-state index in [-0.39, 0.29) is 18.3 Å². The van der Waals surface area contributed by atoms with Crippen LogP contribution in [0.5, 0.6) is 5.75 Å². The van der Waals surface area contributed by atoms with E-state index in [2.05, 4.69) is 10.6 Å². The van der Waals surface area contributed by atoms with Gasteiger partial charge in [0.1, 0.15) is 5.75 Å². The first-order valence-electron chi connectivity index (χ1n) is 7.99. The summed E-state index contributed by atoms with van der Waals surface area (Å²) in [5.41, 5.74) is 1.03. The maximum absolute atomic E-state index is 11.9. The molecule has 130 valence electrons. The number of halogens is 2. The summed E-state index contributed by atoms with van der Waals surface area (Å²) in [6, 6.07) is 5.64. The van der Waals surface area contributed by atoms with Gasteiger partial charge in [-0.25, -0.2) is 0 Å². The summed E-state index contributed by atoms with van der Waals surface area (Å²) in [5, 5.41) is 7.01. The highest BCUT2D eigenvalue weighted by Gasteiger charge is 2.14. The molecule has 1 aliphatic rings. The number of carbonyl (C=O) groups excluding carboxylic acids is 1. The van der Waals surface area contributed by atoms with Gasteiger partial charge in [-0.2, -0.15) is 0 Å². The Morgan fingerprint density at radius 2 is 2.13 bits per heavy atom. The molecule has 1 aromatic rings. The van der Waals surface area contributed by atoms with Gasteiger partial charge in [0.15, 0.2) is 0 Å². The Kier molecular flexibility index (Phi) is 9.37. The van der Waals surface area contributed by atoms with Gasteiger partial charge in [0.25, 0.3) is 0 Å². The van der Waals surface area contributed by atoms with Crippen molar-refractivity contribution in [3.05, 3.63) is 28.8 Å². The normalized spacial score (nSPS) is 14.9. The van der Waals surface area contributed by atoms with Gasteiger partial charge in [0.05, 0.1) is 7.11 Å². The smallest absolute Gasteiger partial charge is 0.220 e. The number of methoxy groups -OCH3 is 1. The number of amides is 1. The fourth-order valence-corrected chi connectivity index (χ4v) is 3.05. The predicted octanol–water partition coefficient (Wildman–Crippen LogP) is 3.21. The number of rotatable bonds is 7. The first-order valence-corrected chi connectivity index (χ1v) is 8.36. The molecule has 4 nitrogen and oxygen atoms in total. The van der Waals surface area contributed by atoms with Crippen LogP contribution in [0, 0.1) is 5.92 Å². The van der Waals surface area contributed by atoms with Crippen molar-refractivity contribution in [1.29, 1.82) is 0 Å². The number of carbonyl (C=O) groups is 1. The summed E-state index contributed by atoms with van der Waals surface area (Å²) in [7, 11) is 1.62. The van der Waals surface area contributed by atoms with Crippen LogP contribution in [0.2, 0.25) is 5.02 Å². The van der Waals surface area contributed by atoms with Gasteiger partial charge in [-0.1, -0.05) is 17.7 Å². The number of piperidine rings is 1. The molecule has 1 saturated heterocycles.